The van der Waals surface area contributed by atoms with Gasteiger partial charge in [-0.05, 0) is 18.4 Å². The molecule has 2 heteroatoms. The second-order valence-corrected chi connectivity index (χ2v) is 5.58. The molecule has 1 aromatic rings. The van der Waals surface area contributed by atoms with Crippen LogP contribution in [0.2, 0.25) is 0 Å². The minimum Gasteiger partial charge on any atom is -0.303 e. The SMILES string of the molecule is C/C(=C\C=C/C(C)C)CNC(P)c1ccccc1. The smallest absolute Gasteiger partial charge is 0.0466 e. The number of benzene rings is 1. The lowest BCUT2D eigenvalue weighted by molar-refractivity contribution is 0.722. The van der Waals surface area contributed by atoms with Crippen molar-refractivity contribution in [3.8, 4) is 0 Å². The summed E-state index contributed by atoms with van der Waals surface area (Å²) >= 11 is 0. The quantitative estimate of drug-likeness (QED) is 0.594. The molecule has 1 N–H and O–H groups in total. The highest BCUT2D eigenvalue weighted by Gasteiger charge is 2.02. The zero-order chi connectivity index (χ0) is 13.4. The molecule has 0 aliphatic rings. The van der Waals surface area contributed by atoms with E-state index in [2.05, 4.69) is 77.8 Å². The van der Waals surface area contributed by atoms with Gasteiger partial charge in [-0.1, -0.05) is 68.0 Å². The lowest BCUT2D eigenvalue weighted by atomic mass is 10.2. The maximum absolute atomic E-state index is 3.50. The fourth-order valence-corrected chi connectivity index (χ4v) is 1.89. The van der Waals surface area contributed by atoms with Crippen molar-refractivity contribution in [3.63, 3.8) is 0 Å². The first-order valence-electron chi connectivity index (χ1n) is 6.47. The van der Waals surface area contributed by atoms with E-state index in [-0.39, 0.29) is 0 Å². The van der Waals surface area contributed by atoms with Crippen LogP contribution >= 0.6 is 9.24 Å². The Bertz CT molecular complexity index is 393. The fraction of sp³-hybridized carbons (Fsp3) is 0.375. The van der Waals surface area contributed by atoms with Gasteiger partial charge in [-0.2, -0.15) is 0 Å². The highest BCUT2D eigenvalue weighted by molar-refractivity contribution is 7.17. The number of allylic oxidation sites excluding steroid dienone is 3. The minimum absolute atomic E-state index is 0.309. The summed E-state index contributed by atoms with van der Waals surface area (Å²) in [7, 11) is 2.84. The molecule has 1 nitrogen and oxygen atoms in total. The van der Waals surface area contributed by atoms with Crippen molar-refractivity contribution in [2.75, 3.05) is 6.54 Å². The number of rotatable bonds is 6. The van der Waals surface area contributed by atoms with Crippen molar-refractivity contribution >= 4 is 9.24 Å². The fourth-order valence-electron chi connectivity index (χ4n) is 1.55. The van der Waals surface area contributed by atoms with Crippen LogP contribution in [0.1, 0.15) is 32.1 Å². The highest BCUT2D eigenvalue weighted by atomic mass is 31.0. The zero-order valence-electron chi connectivity index (χ0n) is 11.6. The average Bonchev–Trinajstić information content (AvgIpc) is 2.36. The number of nitrogens with one attached hydrogen (secondary N) is 1. The van der Waals surface area contributed by atoms with Crippen LogP contribution in [0.4, 0.5) is 0 Å². The van der Waals surface area contributed by atoms with Crippen LogP contribution in [0, 0.1) is 5.92 Å². The van der Waals surface area contributed by atoms with Gasteiger partial charge in [-0.3, -0.25) is 0 Å². The molecule has 2 atom stereocenters. The Balaban J connectivity index is 2.41. The summed E-state index contributed by atoms with van der Waals surface area (Å²) in [5.74, 6) is 0.921. The molecule has 0 radical (unpaired) electrons. The van der Waals surface area contributed by atoms with Gasteiger partial charge in [0.15, 0.2) is 0 Å². The molecule has 0 aliphatic heterocycles. The molecule has 0 saturated heterocycles. The summed E-state index contributed by atoms with van der Waals surface area (Å²) < 4.78 is 0. The maximum Gasteiger partial charge on any atom is 0.0466 e. The molecule has 2 unspecified atom stereocenters. The molecule has 1 aromatic carbocycles. The van der Waals surface area contributed by atoms with Gasteiger partial charge in [0, 0.05) is 12.3 Å². The van der Waals surface area contributed by atoms with E-state index in [1.807, 2.05) is 6.07 Å². The summed E-state index contributed by atoms with van der Waals surface area (Å²) in [6.45, 7) is 7.43. The molecule has 0 bridgehead atoms. The van der Waals surface area contributed by atoms with E-state index in [1.54, 1.807) is 0 Å². The first kappa shape index (κ1) is 15.1. The predicted molar refractivity (Wildman–Crippen MR) is 84.6 cm³/mol. The normalized spacial score (nSPS) is 14.4. The Morgan fingerprint density at radius 2 is 1.94 bits per heavy atom. The average molecular weight is 261 g/mol. The van der Waals surface area contributed by atoms with Crippen molar-refractivity contribution < 1.29 is 0 Å². The van der Waals surface area contributed by atoms with E-state index in [9.17, 15) is 0 Å². The van der Waals surface area contributed by atoms with Gasteiger partial charge in [-0.25, -0.2) is 0 Å². The molecular weight excluding hydrogens is 237 g/mol. The van der Waals surface area contributed by atoms with Crippen LogP contribution in [0.25, 0.3) is 0 Å². The first-order valence-corrected chi connectivity index (χ1v) is 7.14. The second-order valence-electron chi connectivity index (χ2n) is 4.91. The largest absolute Gasteiger partial charge is 0.303 e. The third-order valence-corrected chi connectivity index (χ3v) is 3.26. The third kappa shape index (κ3) is 6.14. The van der Waals surface area contributed by atoms with Crippen LogP contribution in [0.3, 0.4) is 0 Å². The Hall–Kier alpha value is -0.910. The Morgan fingerprint density at radius 1 is 1.28 bits per heavy atom. The lowest BCUT2D eigenvalue weighted by Gasteiger charge is -2.14. The Morgan fingerprint density at radius 3 is 2.56 bits per heavy atom. The maximum atomic E-state index is 3.50. The van der Waals surface area contributed by atoms with Crippen LogP contribution in [-0.2, 0) is 0 Å². The van der Waals surface area contributed by atoms with Crippen LogP contribution in [0.5, 0.6) is 0 Å². The number of hydrogen-bond acceptors (Lipinski definition) is 1. The van der Waals surface area contributed by atoms with Crippen LogP contribution in [0.15, 0.2) is 54.1 Å². The molecule has 0 heterocycles. The lowest BCUT2D eigenvalue weighted by Crippen LogP contribution is -2.18. The monoisotopic (exact) mass is 261 g/mol. The Kier molecular flexibility index (Phi) is 6.93. The molecule has 0 aromatic heterocycles. The molecule has 0 saturated carbocycles. The van der Waals surface area contributed by atoms with Crippen molar-refractivity contribution in [1.29, 1.82) is 0 Å². The summed E-state index contributed by atoms with van der Waals surface area (Å²) in [6, 6.07) is 10.5. The van der Waals surface area contributed by atoms with E-state index in [0.717, 1.165) is 6.54 Å². The van der Waals surface area contributed by atoms with Crippen LogP contribution in [-0.4, -0.2) is 6.54 Å². The van der Waals surface area contributed by atoms with Gasteiger partial charge in [0.25, 0.3) is 0 Å². The zero-order valence-corrected chi connectivity index (χ0v) is 12.7. The van der Waals surface area contributed by atoms with Crippen LogP contribution < -0.4 is 5.32 Å². The van der Waals surface area contributed by atoms with Gasteiger partial charge in [-0.15, -0.1) is 9.24 Å². The minimum atomic E-state index is 0.309. The van der Waals surface area contributed by atoms with E-state index >= 15 is 0 Å². The molecular formula is C16H24NP. The molecule has 0 amide bonds. The summed E-state index contributed by atoms with van der Waals surface area (Å²) in [5, 5.41) is 3.50. The summed E-state index contributed by atoms with van der Waals surface area (Å²) in [6.07, 6.45) is 6.52. The highest BCUT2D eigenvalue weighted by Crippen LogP contribution is 2.19. The van der Waals surface area contributed by atoms with Crippen molar-refractivity contribution in [1.82, 2.24) is 5.32 Å². The standard InChI is InChI=1S/C16H24NP/c1-13(2)8-7-9-14(3)12-17-16(18)15-10-5-4-6-11-15/h4-11,13,16-17H,12,18H2,1-3H3/b8-7-,14-9+. The van der Waals surface area contributed by atoms with Gasteiger partial charge >= 0.3 is 0 Å². The van der Waals surface area contributed by atoms with Gasteiger partial charge < -0.3 is 5.32 Å². The predicted octanol–water partition coefficient (Wildman–Crippen LogP) is 4.31. The molecule has 0 aliphatic carbocycles. The molecule has 0 spiro atoms. The van der Waals surface area contributed by atoms with Gasteiger partial charge in [0.2, 0.25) is 0 Å². The molecule has 18 heavy (non-hydrogen) atoms. The first-order chi connectivity index (χ1) is 8.59. The molecule has 98 valence electrons. The van der Waals surface area contributed by atoms with E-state index in [4.69, 9.17) is 0 Å². The Labute approximate surface area is 114 Å². The molecule has 1 rings (SSSR count). The summed E-state index contributed by atoms with van der Waals surface area (Å²) in [4.78, 5) is 0. The second kappa shape index (κ2) is 8.24. The third-order valence-electron chi connectivity index (χ3n) is 2.64. The summed E-state index contributed by atoms with van der Waals surface area (Å²) in [5.41, 5.74) is 2.64. The van der Waals surface area contributed by atoms with Gasteiger partial charge in [0.05, 0.1) is 0 Å². The van der Waals surface area contributed by atoms with Crippen molar-refractivity contribution in [2.24, 2.45) is 5.92 Å². The number of hydrogen-bond donors (Lipinski definition) is 1. The van der Waals surface area contributed by atoms with Crippen molar-refractivity contribution in [2.45, 2.75) is 26.6 Å². The topological polar surface area (TPSA) is 12.0 Å². The van der Waals surface area contributed by atoms with E-state index in [1.165, 1.54) is 11.1 Å². The van der Waals surface area contributed by atoms with Crippen molar-refractivity contribution in [3.05, 3.63) is 59.7 Å². The molecule has 0 fully saturated rings. The van der Waals surface area contributed by atoms with Gasteiger partial charge in [0.1, 0.15) is 0 Å². The van der Waals surface area contributed by atoms with E-state index in [0.29, 0.717) is 11.7 Å². The van der Waals surface area contributed by atoms with E-state index < -0.39 is 0 Å².